The Kier molecular flexibility index (Phi) is 2.30. The molecule has 3 heteroatoms. The van der Waals surface area contributed by atoms with Crippen molar-refractivity contribution in [1.82, 2.24) is 10.2 Å². The quantitative estimate of drug-likeness (QED) is 0.645. The van der Waals surface area contributed by atoms with Gasteiger partial charge in [0.2, 0.25) is 5.91 Å². The van der Waals surface area contributed by atoms with Gasteiger partial charge in [0.25, 0.3) is 0 Å². The van der Waals surface area contributed by atoms with Crippen LogP contribution in [0.1, 0.15) is 25.7 Å². The van der Waals surface area contributed by atoms with E-state index in [1.807, 2.05) is 4.90 Å². The largest absolute Gasteiger partial charge is 0.341 e. The number of rotatable bonds is 2. The molecule has 0 aromatic heterocycles. The molecule has 2 saturated heterocycles. The Balaban J connectivity index is 1.81. The molecule has 1 amide bonds. The third-order valence-corrected chi connectivity index (χ3v) is 2.77. The molecule has 2 aliphatic heterocycles. The van der Waals surface area contributed by atoms with Crippen molar-refractivity contribution in [1.29, 1.82) is 0 Å². The highest BCUT2D eigenvalue weighted by atomic mass is 16.2. The van der Waals surface area contributed by atoms with Gasteiger partial charge >= 0.3 is 0 Å². The van der Waals surface area contributed by atoms with E-state index >= 15 is 0 Å². The lowest BCUT2D eigenvalue weighted by atomic mass is 10.2. The fourth-order valence-electron chi connectivity index (χ4n) is 2.08. The van der Waals surface area contributed by atoms with Crippen molar-refractivity contribution in [2.75, 3.05) is 19.6 Å². The molecule has 0 aromatic rings. The summed E-state index contributed by atoms with van der Waals surface area (Å²) >= 11 is 0. The lowest BCUT2D eigenvalue weighted by molar-refractivity contribution is -0.127. The predicted octanol–water partition coefficient (Wildman–Crippen LogP) is 0.361. The molecule has 0 aromatic carbocycles. The molecule has 2 aliphatic rings. The van der Waals surface area contributed by atoms with E-state index in [-0.39, 0.29) is 0 Å². The second kappa shape index (κ2) is 3.44. The lowest BCUT2D eigenvalue weighted by Crippen LogP contribution is -2.38. The molecule has 0 radical (unpaired) electrons. The number of carbonyl (C=O) groups is 1. The fourth-order valence-corrected chi connectivity index (χ4v) is 2.08. The van der Waals surface area contributed by atoms with Crippen LogP contribution in [-0.4, -0.2) is 36.5 Å². The standard InChI is InChI=1S/C9H16N2O/c12-9-4-2-6-11(9)7-8-3-1-5-10-8/h8,10H,1-7H2/t8-/m1/s1. The molecule has 12 heavy (non-hydrogen) atoms. The number of hydrogen-bond acceptors (Lipinski definition) is 2. The van der Waals surface area contributed by atoms with Crippen LogP contribution in [0, 0.1) is 0 Å². The fraction of sp³-hybridized carbons (Fsp3) is 0.889. The van der Waals surface area contributed by atoms with Crippen LogP contribution in [0.2, 0.25) is 0 Å². The van der Waals surface area contributed by atoms with Crippen molar-refractivity contribution in [2.24, 2.45) is 0 Å². The average Bonchev–Trinajstić information content (AvgIpc) is 2.65. The van der Waals surface area contributed by atoms with Crippen molar-refractivity contribution in [3.05, 3.63) is 0 Å². The lowest BCUT2D eigenvalue weighted by Gasteiger charge is -2.19. The van der Waals surface area contributed by atoms with Gasteiger partial charge in [-0.2, -0.15) is 0 Å². The van der Waals surface area contributed by atoms with E-state index in [4.69, 9.17) is 0 Å². The summed E-state index contributed by atoms with van der Waals surface area (Å²) in [6, 6.07) is 0.576. The van der Waals surface area contributed by atoms with E-state index in [0.29, 0.717) is 11.9 Å². The summed E-state index contributed by atoms with van der Waals surface area (Å²) < 4.78 is 0. The van der Waals surface area contributed by atoms with Crippen molar-refractivity contribution in [3.63, 3.8) is 0 Å². The first-order valence-electron chi connectivity index (χ1n) is 4.87. The molecule has 3 nitrogen and oxygen atoms in total. The van der Waals surface area contributed by atoms with E-state index in [1.54, 1.807) is 0 Å². The van der Waals surface area contributed by atoms with Gasteiger partial charge in [-0.25, -0.2) is 0 Å². The van der Waals surface area contributed by atoms with Crippen molar-refractivity contribution >= 4 is 5.91 Å². The molecule has 1 N–H and O–H groups in total. The first-order valence-corrected chi connectivity index (χ1v) is 4.87. The monoisotopic (exact) mass is 168 g/mol. The number of nitrogens with one attached hydrogen (secondary N) is 1. The highest BCUT2D eigenvalue weighted by Gasteiger charge is 2.24. The van der Waals surface area contributed by atoms with Gasteiger partial charge in [-0.15, -0.1) is 0 Å². The van der Waals surface area contributed by atoms with Crippen LogP contribution in [0.15, 0.2) is 0 Å². The molecule has 2 rings (SSSR count). The minimum Gasteiger partial charge on any atom is -0.341 e. The van der Waals surface area contributed by atoms with Crippen LogP contribution in [0.25, 0.3) is 0 Å². The van der Waals surface area contributed by atoms with E-state index in [1.165, 1.54) is 12.8 Å². The van der Waals surface area contributed by atoms with Crippen LogP contribution in [0.5, 0.6) is 0 Å². The van der Waals surface area contributed by atoms with E-state index in [9.17, 15) is 4.79 Å². The smallest absolute Gasteiger partial charge is 0.222 e. The van der Waals surface area contributed by atoms with E-state index in [2.05, 4.69) is 5.32 Å². The topological polar surface area (TPSA) is 32.3 Å². The summed E-state index contributed by atoms with van der Waals surface area (Å²) in [5.74, 6) is 0.351. The van der Waals surface area contributed by atoms with Gasteiger partial charge in [0, 0.05) is 25.6 Å². The number of amides is 1. The van der Waals surface area contributed by atoms with Crippen molar-refractivity contribution in [3.8, 4) is 0 Å². The minimum absolute atomic E-state index is 0.351. The zero-order chi connectivity index (χ0) is 8.39. The SMILES string of the molecule is O=C1CCCN1C[C@H]1CCCN1. The average molecular weight is 168 g/mol. The Morgan fingerprint density at radius 1 is 1.50 bits per heavy atom. The van der Waals surface area contributed by atoms with E-state index < -0.39 is 0 Å². The van der Waals surface area contributed by atoms with Gasteiger partial charge in [0.05, 0.1) is 0 Å². The molecule has 1 atom stereocenters. The van der Waals surface area contributed by atoms with Gasteiger partial charge in [0.15, 0.2) is 0 Å². The molecule has 0 aliphatic carbocycles. The van der Waals surface area contributed by atoms with Crippen molar-refractivity contribution < 1.29 is 4.79 Å². The molecule has 0 saturated carbocycles. The molecule has 0 unspecified atom stereocenters. The number of hydrogen-bond donors (Lipinski definition) is 1. The molecule has 2 heterocycles. The maximum atomic E-state index is 11.3. The summed E-state index contributed by atoms with van der Waals surface area (Å²) in [6.07, 6.45) is 4.34. The third kappa shape index (κ3) is 1.61. The summed E-state index contributed by atoms with van der Waals surface area (Å²) in [5.41, 5.74) is 0. The number of carbonyl (C=O) groups excluding carboxylic acids is 1. The molecule has 0 spiro atoms. The Morgan fingerprint density at radius 2 is 2.42 bits per heavy atom. The van der Waals surface area contributed by atoms with Crippen LogP contribution in [0.3, 0.4) is 0 Å². The van der Waals surface area contributed by atoms with Crippen LogP contribution in [0.4, 0.5) is 0 Å². The summed E-state index contributed by atoms with van der Waals surface area (Å²) in [4.78, 5) is 13.3. The Morgan fingerprint density at radius 3 is 3.00 bits per heavy atom. The molecule has 68 valence electrons. The minimum atomic E-state index is 0.351. The number of likely N-dealkylation sites (tertiary alicyclic amines) is 1. The van der Waals surface area contributed by atoms with Gasteiger partial charge in [-0.05, 0) is 25.8 Å². The second-order valence-corrected chi connectivity index (χ2v) is 3.74. The van der Waals surface area contributed by atoms with Gasteiger partial charge in [-0.1, -0.05) is 0 Å². The van der Waals surface area contributed by atoms with Gasteiger partial charge in [-0.3, -0.25) is 4.79 Å². The first-order chi connectivity index (χ1) is 5.86. The van der Waals surface area contributed by atoms with Crippen LogP contribution in [-0.2, 0) is 4.79 Å². The number of nitrogens with zero attached hydrogens (tertiary/aromatic N) is 1. The first kappa shape index (κ1) is 8.05. The summed E-state index contributed by atoms with van der Waals surface area (Å²) in [6.45, 7) is 3.06. The second-order valence-electron chi connectivity index (χ2n) is 3.74. The zero-order valence-corrected chi connectivity index (χ0v) is 7.38. The van der Waals surface area contributed by atoms with Gasteiger partial charge < -0.3 is 10.2 Å². The Hall–Kier alpha value is -0.570. The summed E-state index contributed by atoms with van der Waals surface area (Å²) in [7, 11) is 0. The van der Waals surface area contributed by atoms with Crippen LogP contribution < -0.4 is 5.32 Å². The predicted molar refractivity (Wildman–Crippen MR) is 46.8 cm³/mol. The maximum Gasteiger partial charge on any atom is 0.222 e. The van der Waals surface area contributed by atoms with E-state index in [0.717, 1.165) is 32.5 Å². The summed E-state index contributed by atoms with van der Waals surface area (Å²) in [5, 5.41) is 3.41. The molecule has 0 bridgehead atoms. The van der Waals surface area contributed by atoms with Gasteiger partial charge in [0.1, 0.15) is 0 Å². The Bertz CT molecular complexity index is 175. The Labute approximate surface area is 73.1 Å². The highest BCUT2D eigenvalue weighted by molar-refractivity contribution is 5.78. The normalized spacial score (nSPS) is 30.2. The maximum absolute atomic E-state index is 11.3. The third-order valence-electron chi connectivity index (χ3n) is 2.77. The molecular formula is C9H16N2O. The molecule has 2 fully saturated rings. The highest BCUT2D eigenvalue weighted by Crippen LogP contribution is 2.13. The van der Waals surface area contributed by atoms with Crippen LogP contribution >= 0.6 is 0 Å². The molecular weight excluding hydrogens is 152 g/mol. The zero-order valence-electron chi connectivity index (χ0n) is 7.38. The van der Waals surface area contributed by atoms with Crippen molar-refractivity contribution in [2.45, 2.75) is 31.7 Å².